The molecule has 0 unspecified atom stereocenters. The third-order valence-electron chi connectivity index (χ3n) is 3.63. The zero-order chi connectivity index (χ0) is 18.9. The van der Waals surface area contributed by atoms with Crippen LogP contribution in [0.4, 0.5) is 0 Å². The Balaban J connectivity index is 0.000000552. The highest BCUT2D eigenvalue weighted by Crippen LogP contribution is 2.33. The summed E-state index contributed by atoms with van der Waals surface area (Å²) >= 11 is 3.85. The molecule has 3 N–H and O–H groups in total. The van der Waals surface area contributed by atoms with Gasteiger partial charge >= 0.3 is 0 Å². The lowest BCUT2D eigenvalue weighted by molar-refractivity contribution is -0.134. The third-order valence-corrected chi connectivity index (χ3v) is 5.96. The van der Waals surface area contributed by atoms with E-state index in [4.69, 9.17) is 20.4 Å². The van der Waals surface area contributed by atoms with Gasteiger partial charge in [-0.05, 0) is 36.5 Å². The van der Waals surface area contributed by atoms with E-state index in [2.05, 4.69) is 14.8 Å². The molecular formula is C17H24N4O3S2. The topological polar surface area (TPSA) is 103 Å². The number of carboxylic acid groups (broad SMARTS) is 1. The van der Waals surface area contributed by atoms with Crippen molar-refractivity contribution in [3.05, 3.63) is 30.1 Å². The Morgan fingerprint density at radius 1 is 1.42 bits per heavy atom. The van der Waals surface area contributed by atoms with Crippen molar-refractivity contribution in [1.82, 2.24) is 14.8 Å². The quantitative estimate of drug-likeness (QED) is 0.795. The maximum Gasteiger partial charge on any atom is 0.300 e. The van der Waals surface area contributed by atoms with Crippen molar-refractivity contribution < 1.29 is 14.6 Å². The van der Waals surface area contributed by atoms with Gasteiger partial charge < -0.3 is 15.6 Å². The second-order valence-corrected chi connectivity index (χ2v) is 8.08. The molecule has 1 aromatic heterocycles. The van der Waals surface area contributed by atoms with Gasteiger partial charge in [-0.2, -0.15) is 11.8 Å². The summed E-state index contributed by atoms with van der Waals surface area (Å²) in [4.78, 5) is 9.00. The van der Waals surface area contributed by atoms with Crippen LogP contribution in [-0.2, 0) is 11.3 Å². The number of aromatic nitrogens is 3. The second-order valence-electron chi connectivity index (χ2n) is 5.59. The first-order valence-corrected chi connectivity index (χ1v) is 10.3. The summed E-state index contributed by atoms with van der Waals surface area (Å²) in [6.07, 6.45) is 2.44. The summed E-state index contributed by atoms with van der Waals surface area (Å²) in [5, 5.41) is 17.6. The first-order chi connectivity index (χ1) is 12.5. The molecule has 1 fully saturated rings. The molecule has 0 atom stereocenters. The van der Waals surface area contributed by atoms with Gasteiger partial charge in [-0.3, -0.25) is 9.36 Å². The molecule has 1 saturated heterocycles. The average Bonchev–Trinajstić information content (AvgIpc) is 3.05. The Kier molecular flexibility index (Phi) is 8.27. The van der Waals surface area contributed by atoms with E-state index >= 15 is 0 Å². The maximum atomic E-state index is 9.00. The van der Waals surface area contributed by atoms with E-state index in [-0.39, 0.29) is 0 Å². The molecule has 3 rings (SSSR count). The lowest BCUT2D eigenvalue weighted by Gasteiger charge is -2.20. The van der Waals surface area contributed by atoms with Crippen molar-refractivity contribution in [2.75, 3.05) is 18.6 Å². The molecule has 1 aliphatic rings. The highest BCUT2D eigenvalue weighted by Gasteiger charge is 2.20. The fraction of sp³-hybridized carbons (Fsp3) is 0.471. The lowest BCUT2D eigenvalue weighted by Crippen LogP contribution is -2.13. The second kappa shape index (κ2) is 10.4. The Labute approximate surface area is 161 Å². The Bertz CT molecular complexity index is 714. The van der Waals surface area contributed by atoms with Crippen molar-refractivity contribution in [1.29, 1.82) is 0 Å². The summed E-state index contributed by atoms with van der Waals surface area (Å²) < 4.78 is 7.37. The maximum absolute atomic E-state index is 9.00. The summed E-state index contributed by atoms with van der Waals surface area (Å²) in [7, 11) is 1.67. The van der Waals surface area contributed by atoms with Gasteiger partial charge in [0.1, 0.15) is 5.75 Å². The van der Waals surface area contributed by atoms with Crippen LogP contribution in [-0.4, -0.2) is 49.7 Å². The first-order valence-electron chi connectivity index (χ1n) is 8.27. The molecule has 2 aromatic rings. The van der Waals surface area contributed by atoms with E-state index in [1.54, 1.807) is 7.11 Å². The van der Waals surface area contributed by atoms with E-state index in [0.717, 1.165) is 29.3 Å². The number of hydrogen-bond acceptors (Lipinski definition) is 7. The Morgan fingerprint density at radius 2 is 2.12 bits per heavy atom. The average molecular weight is 397 g/mol. The largest absolute Gasteiger partial charge is 0.497 e. The number of methoxy groups -OCH3 is 1. The van der Waals surface area contributed by atoms with Crippen LogP contribution >= 0.6 is 23.5 Å². The normalized spacial score (nSPS) is 14.4. The fourth-order valence-corrected chi connectivity index (χ4v) is 5.04. The van der Waals surface area contributed by atoms with Crippen molar-refractivity contribution in [3.8, 4) is 11.4 Å². The summed E-state index contributed by atoms with van der Waals surface area (Å²) in [6, 6.07) is 7.93. The van der Waals surface area contributed by atoms with Crippen LogP contribution in [0.5, 0.6) is 5.75 Å². The van der Waals surface area contributed by atoms with Crippen LogP contribution in [0, 0.1) is 0 Å². The molecular weight excluding hydrogens is 372 g/mol. The van der Waals surface area contributed by atoms with Gasteiger partial charge in [0.25, 0.3) is 5.97 Å². The molecule has 9 heteroatoms. The smallest absolute Gasteiger partial charge is 0.300 e. The van der Waals surface area contributed by atoms with Gasteiger partial charge in [-0.15, -0.1) is 10.2 Å². The molecule has 2 heterocycles. The molecule has 7 nitrogen and oxygen atoms in total. The van der Waals surface area contributed by atoms with Crippen molar-refractivity contribution >= 4 is 29.5 Å². The highest BCUT2D eigenvalue weighted by atomic mass is 32.2. The summed E-state index contributed by atoms with van der Waals surface area (Å²) in [5.74, 6) is 3.23. The highest BCUT2D eigenvalue weighted by molar-refractivity contribution is 8.01. The molecule has 142 valence electrons. The number of hydrogen-bond donors (Lipinski definition) is 2. The van der Waals surface area contributed by atoms with Crippen LogP contribution in [0.2, 0.25) is 0 Å². The minimum Gasteiger partial charge on any atom is -0.497 e. The molecule has 0 saturated carbocycles. The van der Waals surface area contributed by atoms with Gasteiger partial charge in [0, 0.05) is 18.2 Å². The molecule has 1 aliphatic heterocycles. The summed E-state index contributed by atoms with van der Waals surface area (Å²) in [6.45, 7) is 1.45. The fourth-order valence-electron chi connectivity index (χ4n) is 2.46. The van der Waals surface area contributed by atoms with Crippen molar-refractivity contribution in [2.24, 2.45) is 5.73 Å². The predicted molar refractivity (Wildman–Crippen MR) is 105 cm³/mol. The zero-order valence-corrected chi connectivity index (χ0v) is 16.6. The predicted octanol–water partition coefficient (Wildman–Crippen LogP) is 2.81. The molecule has 0 bridgehead atoms. The van der Waals surface area contributed by atoms with Gasteiger partial charge in [0.15, 0.2) is 11.0 Å². The van der Waals surface area contributed by atoms with Crippen LogP contribution in [0.3, 0.4) is 0 Å². The zero-order valence-electron chi connectivity index (χ0n) is 14.9. The minimum absolute atomic E-state index is 0.366. The molecule has 1 aromatic carbocycles. The molecule has 0 spiro atoms. The Hall–Kier alpha value is -1.71. The number of nitrogens with two attached hydrogens (primary N) is 1. The number of ether oxygens (including phenoxy) is 1. The van der Waals surface area contributed by atoms with E-state index < -0.39 is 5.97 Å². The Morgan fingerprint density at radius 3 is 2.73 bits per heavy atom. The number of rotatable bonds is 5. The van der Waals surface area contributed by atoms with E-state index in [1.807, 2.05) is 47.8 Å². The molecule has 0 amide bonds. The lowest BCUT2D eigenvalue weighted by atomic mass is 10.2. The monoisotopic (exact) mass is 396 g/mol. The number of aliphatic carboxylic acids is 1. The number of benzene rings is 1. The van der Waals surface area contributed by atoms with Crippen LogP contribution < -0.4 is 10.5 Å². The van der Waals surface area contributed by atoms with Gasteiger partial charge in [0.05, 0.1) is 19.3 Å². The number of thioether (sulfide) groups is 2. The van der Waals surface area contributed by atoms with Crippen LogP contribution in [0.25, 0.3) is 5.69 Å². The van der Waals surface area contributed by atoms with Crippen molar-refractivity contribution in [3.63, 3.8) is 0 Å². The minimum atomic E-state index is -0.833. The number of nitrogens with zero attached hydrogens (tertiary/aromatic N) is 3. The molecule has 0 aliphatic carbocycles. The van der Waals surface area contributed by atoms with Crippen LogP contribution in [0.15, 0.2) is 29.4 Å². The molecule has 26 heavy (non-hydrogen) atoms. The van der Waals surface area contributed by atoms with E-state index in [1.165, 1.54) is 24.3 Å². The molecule has 0 radical (unpaired) electrons. The summed E-state index contributed by atoms with van der Waals surface area (Å²) in [5.41, 5.74) is 6.84. The van der Waals surface area contributed by atoms with Gasteiger partial charge in [0.2, 0.25) is 0 Å². The standard InChI is InChI=1S/C15H20N4OS2.C2H4O2/c1-20-12-4-2-3-11(9-12)19-14(10-16)17-18-15(19)22-13-5-7-21-8-6-13;1-2(3)4/h2-4,9,13H,5-8,10,16H2,1H3;1H3,(H,3,4). The third kappa shape index (κ3) is 5.93. The SMILES string of the molecule is CC(=O)O.COc1cccc(-n2c(CN)nnc2SC2CCSCC2)c1. The van der Waals surface area contributed by atoms with Gasteiger partial charge in [-0.1, -0.05) is 17.8 Å². The van der Waals surface area contributed by atoms with E-state index in [0.29, 0.717) is 11.8 Å². The number of carboxylic acids is 1. The van der Waals surface area contributed by atoms with Crippen LogP contribution in [0.1, 0.15) is 25.6 Å². The van der Waals surface area contributed by atoms with Gasteiger partial charge in [-0.25, -0.2) is 0 Å². The first kappa shape index (κ1) is 20.6. The van der Waals surface area contributed by atoms with Crippen molar-refractivity contribution in [2.45, 2.75) is 36.7 Å². The van der Waals surface area contributed by atoms with E-state index in [9.17, 15) is 0 Å². The number of carbonyl (C=O) groups is 1.